The van der Waals surface area contributed by atoms with Gasteiger partial charge in [-0.05, 0) is 31.2 Å². The Morgan fingerprint density at radius 1 is 1.10 bits per heavy atom. The third-order valence-corrected chi connectivity index (χ3v) is 3.49. The summed E-state index contributed by atoms with van der Waals surface area (Å²) in [7, 11) is 1.68. The Morgan fingerprint density at radius 2 is 1.70 bits per heavy atom. The molecule has 104 valence electrons. The Labute approximate surface area is 120 Å². The van der Waals surface area contributed by atoms with Crippen LogP contribution in [0.3, 0.4) is 0 Å². The smallest absolute Gasteiger partial charge is 0.337 e. The molecule has 1 heterocycles. The zero-order valence-electron chi connectivity index (χ0n) is 10.8. The summed E-state index contributed by atoms with van der Waals surface area (Å²) in [5, 5.41) is 18.7. The molecule has 6 heteroatoms. The predicted molar refractivity (Wildman–Crippen MR) is 74.5 cm³/mol. The van der Waals surface area contributed by atoms with E-state index in [9.17, 15) is 14.7 Å². The zero-order chi connectivity index (χ0) is 15.0. The van der Waals surface area contributed by atoms with Crippen molar-refractivity contribution in [2.24, 2.45) is 7.05 Å². The van der Waals surface area contributed by atoms with Gasteiger partial charge in [-0.15, -0.1) is 0 Å². The SMILES string of the molecule is Cc1c(C(=O)O)cc(-c2cc(Cl)ccc2C(=O)O)n1C. The summed E-state index contributed by atoms with van der Waals surface area (Å²) < 4.78 is 1.64. The van der Waals surface area contributed by atoms with Crippen LogP contribution >= 0.6 is 11.6 Å². The number of rotatable bonds is 3. The molecule has 2 rings (SSSR count). The average Bonchev–Trinajstić information content (AvgIpc) is 2.66. The Bertz CT molecular complexity index is 718. The van der Waals surface area contributed by atoms with Crippen LogP contribution in [0.5, 0.6) is 0 Å². The molecule has 0 aliphatic rings. The highest BCUT2D eigenvalue weighted by Gasteiger charge is 2.20. The number of carboxylic acids is 2. The molecule has 20 heavy (non-hydrogen) atoms. The molecule has 1 aromatic heterocycles. The minimum absolute atomic E-state index is 0.0759. The van der Waals surface area contributed by atoms with Crippen molar-refractivity contribution in [1.82, 2.24) is 4.57 Å². The quantitative estimate of drug-likeness (QED) is 0.911. The van der Waals surface area contributed by atoms with Gasteiger partial charge >= 0.3 is 11.9 Å². The van der Waals surface area contributed by atoms with E-state index in [0.29, 0.717) is 22.0 Å². The van der Waals surface area contributed by atoms with Gasteiger partial charge in [-0.3, -0.25) is 0 Å². The molecule has 0 aliphatic heterocycles. The summed E-state index contributed by atoms with van der Waals surface area (Å²) in [5.74, 6) is -2.14. The van der Waals surface area contributed by atoms with Crippen LogP contribution in [-0.4, -0.2) is 26.7 Å². The second kappa shape index (κ2) is 5.02. The van der Waals surface area contributed by atoms with E-state index in [2.05, 4.69) is 0 Å². The molecule has 0 aliphatic carbocycles. The molecule has 0 bridgehead atoms. The van der Waals surface area contributed by atoms with Gasteiger partial charge in [0.2, 0.25) is 0 Å². The summed E-state index contributed by atoms with van der Waals surface area (Å²) in [4.78, 5) is 22.4. The van der Waals surface area contributed by atoms with Crippen molar-refractivity contribution in [2.45, 2.75) is 6.92 Å². The molecule has 0 radical (unpaired) electrons. The summed E-state index contributed by atoms with van der Waals surface area (Å²) in [6.07, 6.45) is 0. The summed E-state index contributed by atoms with van der Waals surface area (Å²) in [6.45, 7) is 1.66. The van der Waals surface area contributed by atoms with E-state index in [-0.39, 0.29) is 11.1 Å². The first kappa shape index (κ1) is 14.1. The first-order valence-electron chi connectivity index (χ1n) is 5.75. The number of halogens is 1. The van der Waals surface area contributed by atoms with E-state index in [0.717, 1.165) is 0 Å². The molecule has 0 atom stereocenters. The first-order chi connectivity index (χ1) is 9.32. The standard InChI is InChI=1S/C14H12ClNO4/c1-7-10(14(19)20)6-12(16(7)2)11-5-8(15)3-4-9(11)13(17)18/h3-6H,1-2H3,(H,17,18)(H,19,20). The van der Waals surface area contributed by atoms with E-state index in [1.54, 1.807) is 18.5 Å². The van der Waals surface area contributed by atoms with Crippen molar-refractivity contribution in [3.05, 3.63) is 46.1 Å². The van der Waals surface area contributed by atoms with Crippen LogP contribution in [0.15, 0.2) is 24.3 Å². The number of nitrogens with zero attached hydrogens (tertiary/aromatic N) is 1. The van der Waals surface area contributed by atoms with Crippen molar-refractivity contribution >= 4 is 23.5 Å². The molecule has 0 saturated heterocycles. The molecular formula is C14H12ClNO4. The van der Waals surface area contributed by atoms with Gasteiger partial charge in [-0.2, -0.15) is 0 Å². The Hall–Kier alpha value is -2.27. The minimum atomic E-state index is -1.09. The number of hydrogen-bond donors (Lipinski definition) is 2. The molecular weight excluding hydrogens is 282 g/mol. The lowest BCUT2D eigenvalue weighted by Crippen LogP contribution is -2.03. The molecule has 2 N–H and O–H groups in total. The molecule has 5 nitrogen and oxygen atoms in total. The van der Waals surface area contributed by atoms with Crippen molar-refractivity contribution < 1.29 is 19.8 Å². The molecule has 0 saturated carbocycles. The van der Waals surface area contributed by atoms with Gasteiger partial charge < -0.3 is 14.8 Å². The van der Waals surface area contributed by atoms with Gasteiger partial charge in [0.15, 0.2) is 0 Å². The number of aromatic nitrogens is 1. The van der Waals surface area contributed by atoms with Crippen molar-refractivity contribution in [3.8, 4) is 11.3 Å². The minimum Gasteiger partial charge on any atom is -0.478 e. The second-order valence-electron chi connectivity index (χ2n) is 4.39. The molecule has 0 amide bonds. The lowest BCUT2D eigenvalue weighted by atomic mass is 10.0. The number of benzene rings is 1. The Balaban J connectivity index is 2.74. The van der Waals surface area contributed by atoms with E-state index >= 15 is 0 Å². The number of carbonyl (C=O) groups is 2. The van der Waals surface area contributed by atoms with Gasteiger partial charge in [0.1, 0.15) is 0 Å². The third-order valence-electron chi connectivity index (χ3n) is 3.25. The number of aromatic carboxylic acids is 2. The molecule has 1 aromatic carbocycles. The lowest BCUT2D eigenvalue weighted by Gasteiger charge is -2.09. The van der Waals surface area contributed by atoms with Crippen LogP contribution in [0, 0.1) is 6.92 Å². The van der Waals surface area contributed by atoms with E-state index < -0.39 is 11.9 Å². The van der Waals surface area contributed by atoms with Crippen molar-refractivity contribution in [1.29, 1.82) is 0 Å². The molecule has 0 spiro atoms. The zero-order valence-corrected chi connectivity index (χ0v) is 11.6. The van der Waals surface area contributed by atoms with Crippen LogP contribution < -0.4 is 0 Å². The fraction of sp³-hybridized carbons (Fsp3) is 0.143. The normalized spacial score (nSPS) is 10.6. The van der Waals surface area contributed by atoms with E-state index in [1.807, 2.05) is 0 Å². The maximum Gasteiger partial charge on any atom is 0.337 e. The maximum atomic E-state index is 11.3. The number of hydrogen-bond acceptors (Lipinski definition) is 2. The Morgan fingerprint density at radius 3 is 2.20 bits per heavy atom. The molecule has 0 unspecified atom stereocenters. The predicted octanol–water partition coefficient (Wildman–Crippen LogP) is 3.05. The molecule has 0 fully saturated rings. The number of carboxylic acid groups (broad SMARTS) is 2. The van der Waals surface area contributed by atoms with E-state index in [4.69, 9.17) is 16.7 Å². The van der Waals surface area contributed by atoms with Gasteiger partial charge in [0, 0.05) is 29.0 Å². The first-order valence-corrected chi connectivity index (χ1v) is 6.13. The van der Waals surface area contributed by atoms with Gasteiger partial charge in [0.05, 0.1) is 11.1 Å². The highest BCUT2D eigenvalue weighted by molar-refractivity contribution is 6.31. The van der Waals surface area contributed by atoms with Crippen molar-refractivity contribution in [2.75, 3.05) is 0 Å². The highest BCUT2D eigenvalue weighted by atomic mass is 35.5. The van der Waals surface area contributed by atoms with Crippen LogP contribution in [0.4, 0.5) is 0 Å². The lowest BCUT2D eigenvalue weighted by molar-refractivity contribution is 0.0686. The summed E-state index contributed by atoms with van der Waals surface area (Å²) in [5.41, 5.74) is 1.65. The van der Waals surface area contributed by atoms with Crippen LogP contribution in [0.1, 0.15) is 26.4 Å². The largest absolute Gasteiger partial charge is 0.478 e. The van der Waals surface area contributed by atoms with Crippen molar-refractivity contribution in [3.63, 3.8) is 0 Å². The monoisotopic (exact) mass is 293 g/mol. The third kappa shape index (κ3) is 2.28. The fourth-order valence-corrected chi connectivity index (χ4v) is 2.26. The van der Waals surface area contributed by atoms with Crippen LogP contribution in [0.25, 0.3) is 11.3 Å². The average molecular weight is 294 g/mol. The summed E-state index contributed by atoms with van der Waals surface area (Å²) in [6, 6.07) is 5.87. The maximum absolute atomic E-state index is 11.3. The highest BCUT2D eigenvalue weighted by Crippen LogP contribution is 2.30. The summed E-state index contributed by atoms with van der Waals surface area (Å²) >= 11 is 5.91. The topological polar surface area (TPSA) is 79.5 Å². The molecule has 2 aromatic rings. The second-order valence-corrected chi connectivity index (χ2v) is 4.82. The van der Waals surface area contributed by atoms with Crippen LogP contribution in [0.2, 0.25) is 5.02 Å². The van der Waals surface area contributed by atoms with Gasteiger partial charge in [-0.25, -0.2) is 9.59 Å². The van der Waals surface area contributed by atoms with E-state index in [1.165, 1.54) is 24.3 Å². The van der Waals surface area contributed by atoms with Crippen LogP contribution in [-0.2, 0) is 7.05 Å². The fourth-order valence-electron chi connectivity index (χ4n) is 2.09. The van der Waals surface area contributed by atoms with Gasteiger partial charge in [0.25, 0.3) is 0 Å². The van der Waals surface area contributed by atoms with Gasteiger partial charge in [-0.1, -0.05) is 11.6 Å². The Kier molecular flexibility index (Phi) is 3.55.